The van der Waals surface area contributed by atoms with Crippen LogP contribution in [-0.4, -0.2) is 58.0 Å². The van der Waals surface area contributed by atoms with Crippen molar-refractivity contribution in [2.75, 3.05) is 19.6 Å². The van der Waals surface area contributed by atoms with Gasteiger partial charge >= 0.3 is 0 Å². The highest BCUT2D eigenvalue weighted by molar-refractivity contribution is 7.08. The maximum atomic E-state index is 12.7. The first kappa shape index (κ1) is 17.9. The van der Waals surface area contributed by atoms with Gasteiger partial charge in [-0.25, -0.2) is 0 Å². The van der Waals surface area contributed by atoms with Crippen molar-refractivity contribution < 1.29 is 9.59 Å². The van der Waals surface area contributed by atoms with Crippen molar-refractivity contribution >= 4 is 23.3 Å². The molecule has 0 radical (unpaired) electrons. The van der Waals surface area contributed by atoms with E-state index < -0.39 is 0 Å². The highest BCUT2D eigenvalue weighted by Gasteiger charge is 2.47. The molecular formula is C18H27N5O2S. The van der Waals surface area contributed by atoms with E-state index in [1.165, 1.54) is 0 Å². The first-order valence-electron chi connectivity index (χ1n) is 9.80. The maximum Gasteiger partial charge on any atom is 0.265 e. The lowest BCUT2D eigenvalue weighted by Crippen LogP contribution is -2.66. The molecule has 2 bridgehead atoms. The van der Waals surface area contributed by atoms with E-state index in [1.807, 2.05) is 0 Å². The Bertz CT molecular complexity index is 678. The summed E-state index contributed by atoms with van der Waals surface area (Å²) in [5.74, 6) is 1.15. The normalized spacial score (nSPS) is 30.8. The molecule has 26 heavy (non-hydrogen) atoms. The summed E-state index contributed by atoms with van der Waals surface area (Å²) < 4.78 is 3.94. The van der Waals surface area contributed by atoms with Gasteiger partial charge < -0.3 is 15.5 Å². The third kappa shape index (κ3) is 3.24. The second-order valence-corrected chi connectivity index (χ2v) is 8.50. The lowest BCUT2D eigenvalue weighted by atomic mass is 9.72. The van der Waals surface area contributed by atoms with Crippen molar-refractivity contribution in [3.05, 3.63) is 10.6 Å². The Morgan fingerprint density at radius 2 is 2.23 bits per heavy atom. The Labute approximate surface area is 158 Å². The molecule has 2 N–H and O–H groups in total. The van der Waals surface area contributed by atoms with Gasteiger partial charge in [-0.05, 0) is 55.6 Å². The summed E-state index contributed by atoms with van der Waals surface area (Å²) in [7, 11) is 0. The molecule has 3 fully saturated rings. The van der Waals surface area contributed by atoms with Gasteiger partial charge in [0, 0.05) is 25.6 Å². The summed E-state index contributed by atoms with van der Waals surface area (Å²) in [6, 6.07) is 0.430. The second kappa shape index (κ2) is 7.60. The molecule has 3 aliphatic rings. The fourth-order valence-electron chi connectivity index (χ4n) is 4.96. The monoisotopic (exact) mass is 377 g/mol. The standard InChI is InChI=1S/C18H27N5O2S/c1-2-4-13-17(26-22-21-13)18(25)20-10-15-12-7-11(8-19-9-12)14-5-3-6-16(24)23(14)15/h11-12,14-15,19H,2-10H2,1H3,(H,20,25)/t11-,12+,14+,15+/m1/s1. The van der Waals surface area contributed by atoms with E-state index in [0.717, 1.165) is 62.4 Å². The molecule has 0 saturated carbocycles. The van der Waals surface area contributed by atoms with E-state index in [1.54, 1.807) is 0 Å². The van der Waals surface area contributed by atoms with Crippen LogP contribution < -0.4 is 10.6 Å². The molecule has 3 aliphatic heterocycles. The zero-order valence-electron chi connectivity index (χ0n) is 15.2. The number of nitrogens with zero attached hydrogens (tertiary/aromatic N) is 3. The number of hydrogen-bond donors (Lipinski definition) is 2. The molecule has 4 heterocycles. The van der Waals surface area contributed by atoms with Gasteiger partial charge in [0.15, 0.2) is 0 Å². The Morgan fingerprint density at radius 3 is 3.08 bits per heavy atom. The van der Waals surface area contributed by atoms with Crippen LogP contribution in [0, 0.1) is 11.8 Å². The summed E-state index contributed by atoms with van der Waals surface area (Å²) in [5, 5.41) is 10.7. The topological polar surface area (TPSA) is 87.2 Å². The molecule has 8 heteroatoms. The van der Waals surface area contributed by atoms with Crippen molar-refractivity contribution in [3.63, 3.8) is 0 Å². The van der Waals surface area contributed by atoms with Gasteiger partial charge in [-0.15, -0.1) is 5.10 Å². The third-order valence-electron chi connectivity index (χ3n) is 6.12. The molecule has 3 saturated heterocycles. The van der Waals surface area contributed by atoms with Crippen LogP contribution in [0.2, 0.25) is 0 Å². The van der Waals surface area contributed by atoms with Gasteiger partial charge in [0.05, 0.1) is 11.7 Å². The number of fused-ring (bicyclic) bond motifs is 4. The molecule has 0 spiro atoms. The minimum absolute atomic E-state index is 0.0938. The Morgan fingerprint density at radius 1 is 1.38 bits per heavy atom. The van der Waals surface area contributed by atoms with Crippen molar-refractivity contribution in [1.29, 1.82) is 0 Å². The largest absolute Gasteiger partial charge is 0.349 e. The fourth-order valence-corrected chi connectivity index (χ4v) is 5.58. The fraction of sp³-hybridized carbons (Fsp3) is 0.778. The van der Waals surface area contributed by atoms with E-state index in [-0.39, 0.29) is 17.9 Å². The lowest BCUT2D eigenvalue weighted by molar-refractivity contribution is -0.148. The number of rotatable bonds is 5. The van der Waals surface area contributed by atoms with E-state index in [9.17, 15) is 9.59 Å². The number of piperidine rings is 3. The van der Waals surface area contributed by atoms with Crippen LogP contribution >= 0.6 is 11.5 Å². The van der Waals surface area contributed by atoms with Gasteiger partial charge in [0.25, 0.3) is 5.91 Å². The molecule has 0 aliphatic carbocycles. The Balaban J connectivity index is 1.48. The van der Waals surface area contributed by atoms with Crippen LogP contribution in [0.15, 0.2) is 0 Å². The third-order valence-corrected chi connectivity index (χ3v) is 6.89. The number of nitrogens with one attached hydrogen (secondary N) is 2. The summed E-state index contributed by atoms with van der Waals surface area (Å²) in [5.41, 5.74) is 0.782. The van der Waals surface area contributed by atoms with Crippen LogP contribution in [0.1, 0.15) is 54.4 Å². The van der Waals surface area contributed by atoms with E-state index in [4.69, 9.17) is 0 Å². The molecule has 0 unspecified atom stereocenters. The van der Waals surface area contributed by atoms with Crippen LogP contribution in [0.3, 0.4) is 0 Å². The zero-order chi connectivity index (χ0) is 18.1. The average Bonchev–Trinajstić information content (AvgIpc) is 3.11. The van der Waals surface area contributed by atoms with Crippen molar-refractivity contribution in [1.82, 2.24) is 25.1 Å². The Kier molecular flexibility index (Phi) is 5.22. The van der Waals surface area contributed by atoms with Gasteiger partial charge in [-0.2, -0.15) is 0 Å². The first-order chi connectivity index (χ1) is 12.7. The molecule has 1 aromatic heterocycles. The molecule has 0 aromatic carbocycles. The predicted molar refractivity (Wildman–Crippen MR) is 99.0 cm³/mol. The summed E-state index contributed by atoms with van der Waals surface area (Å²) in [6.07, 6.45) is 5.59. The molecule has 2 amide bonds. The van der Waals surface area contributed by atoms with Crippen molar-refractivity contribution in [2.45, 2.75) is 57.5 Å². The SMILES string of the molecule is CCCc1nnsc1C(=O)NC[C@H]1[C@@H]2CNC[C@@H](C2)[C@@H]2CCCC(=O)N21. The van der Waals surface area contributed by atoms with E-state index >= 15 is 0 Å². The number of carbonyl (C=O) groups excluding carboxylic acids is 2. The smallest absolute Gasteiger partial charge is 0.265 e. The lowest BCUT2D eigenvalue weighted by Gasteiger charge is -2.54. The Hall–Kier alpha value is -1.54. The minimum atomic E-state index is -0.102. The van der Waals surface area contributed by atoms with Gasteiger partial charge in [-0.3, -0.25) is 9.59 Å². The molecular weight excluding hydrogens is 350 g/mol. The molecule has 1 aromatic rings. The quantitative estimate of drug-likeness (QED) is 0.805. The van der Waals surface area contributed by atoms with Crippen LogP contribution in [0.25, 0.3) is 0 Å². The second-order valence-electron chi connectivity index (χ2n) is 7.75. The van der Waals surface area contributed by atoms with Crippen molar-refractivity contribution in [2.24, 2.45) is 11.8 Å². The van der Waals surface area contributed by atoms with Crippen LogP contribution in [-0.2, 0) is 11.2 Å². The molecule has 4 rings (SSSR count). The average molecular weight is 378 g/mol. The van der Waals surface area contributed by atoms with E-state index in [2.05, 4.69) is 32.0 Å². The molecule has 4 atom stereocenters. The summed E-state index contributed by atoms with van der Waals surface area (Å²) in [6.45, 7) is 4.52. The number of amides is 2. The summed E-state index contributed by atoms with van der Waals surface area (Å²) in [4.78, 5) is 28.1. The van der Waals surface area contributed by atoms with Crippen molar-refractivity contribution in [3.8, 4) is 0 Å². The molecule has 7 nitrogen and oxygen atoms in total. The number of aryl methyl sites for hydroxylation is 1. The van der Waals surface area contributed by atoms with Gasteiger partial charge in [-0.1, -0.05) is 17.8 Å². The summed E-state index contributed by atoms with van der Waals surface area (Å²) >= 11 is 1.16. The van der Waals surface area contributed by atoms with Crippen LogP contribution in [0.5, 0.6) is 0 Å². The van der Waals surface area contributed by atoms with E-state index in [0.29, 0.717) is 35.7 Å². The highest BCUT2D eigenvalue weighted by atomic mass is 32.1. The predicted octanol–water partition coefficient (Wildman–Crippen LogP) is 1.21. The highest BCUT2D eigenvalue weighted by Crippen LogP contribution is 2.39. The minimum Gasteiger partial charge on any atom is -0.349 e. The number of hydrogen-bond acceptors (Lipinski definition) is 6. The molecule has 142 valence electrons. The first-order valence-corrected chi connectivity index (χ1v) is 10.6. The number of carbonyl (C=O) groups is 2. The van der Waals surface area contributed by atoms with Crippen LogP contribution in [0.4, 0.5) is 0 Å². The zero-order valence-corrected chi connectivity index (χ0v) is 16.1. The van der Waals surface area contributed by atoms with Gasteiger partial charge in [0.1, 0.15) is 4.88 Å². The maximum absolute atomic E-state index is 12.7. The van der Waals surface area contributed by atoms with Gasteiger partial charge in [0.2, 0.25) is 5.91 Å². The number of aromatic nitrogens is 2.